The molecular weight excluding hydrogens is 541 g/mol. The van der Waals surface area contributed by atoms with Crippen LogP contribution in [0.15, 0.2) is 59.6 Å². The molecule has 2 N–H and O–H groups in total. The Bertz CT molecular complexity index is 1090. The van der Waals surface area contributed by atoms with Gasteiger partial charge in [0.15, 0.2) is 11.8 Å². The topological polar surface area (TPSA) is 79.6 Å². The second-order valence-electron chi connectivity index (χ2n) is 8.41. The molecule has 182 valence electrons. The van der Waals surface area contributed by atoms with Gasteiger partial charge in [0.05, 0.1) is 18.8 Å². The Morgan fingerprint density at radius 3 is 2.59 bits per heavy atom. The lowest BCUT2D eigenvalue weighted by Gasteiger charge is -2.23. The van der Waals surface area contributed by atoms with Gasteiger partial charge in [0.1, 0.15) is 18.1 Å². The molecule has 1 aliphatic rings. The Kier molecular flexibility index (Phi) is 9.14. The van der Waals surface area contributed by atoms with Gasteiger partial charge in [-0.25, -0.2) is 4.99 Å². The smallest absolute Gasteiger partial charge is 0.192 e. The van der Waals surface area contributed by atoms with Crippen molar-refractivity contribution >= 4 is 35.6 Å². The number of rotatable bonds is 7. The molecule has 2 atom stereocenters. The number of methoxy groups -OCH3 is 1. The van der Waals surface area contributed by atoms with Crippen LogP contribution in [0.1, 0.15) is 36.6 Å². The first-order valence-electron chi connectivity index (χ1n) is 11.4. The third-order valence-corrected chi connectivity index (χ3v) is 6.17. The molecule has 1 aliphatic heterocycles. The van der Waals surface area contributed by atoms with Crippen molar-refractivity contribution in [2.24, 2.45) is 12.0 Å². The fourth-order valence-electron chi connectivity index (χ4n) is 4.08. The fourth-order valence-corrected chi connectivity index (χ4v) is 4.08. The van der Waals surface area contributed by atoms with Crippen LogP contribution in [0.2, 0.25) is 0 Å². The molecule has 0 spiro atoms. The number of anilines is 1. The normalized spacial score (nSPS) is 16.6. The number of hydrogen-bond donors (Lipinski definition) is 2. The quantitative estimate of drug-likeness (QED) is 0.254. The van der Waals surface area contributed by atoms with E-state index in [9.17, 15) is 0 Å². The Morgan fingerprint density at radius 1 is 1.15 bits per heavy atom. The average molecular weight is 575 g/mol. The van der Waals surface area contributed by atoms with Crippen LogP contribution in [0.4, 0.5) is 5.69 Å². The summed E-state index contributed by atoms with van der Waals surface area (Å²) in [6.07, 6.45) is 1.02. The molecule has 9 heteroatoms. The second-order valence-corrected chi connectivity index (χ2v) is 8.41. The molecule has 2 heterocycles. The van der Waals surface area contributed by atoms with Gasteiger partial charge < -0.3 is 24.8 Å². The van der Waals surface area contributed by atoms with E-state index in [4.69, 9.17) is 9.73 Å². The molecule has 2 aromatic carbocycles. The van der Waals surface area contributed by atoms with E-state index < -0.39 is 0 Å². The summed E-state index contributed by atoms with van der Waals surface area (Å²) in [5.41, 5.74) is 2.34. The summed E-state index contributed by atoms with van der Waals surface area (Å²) in [4.78, 5) is 7.22. The van der Waals surface area contributed by atoms with E-state index in [-0.39, 0.29) is 36.1 Å². The van der Waals surface area contributed by atoms with Crippen LogP contribution >= 0.6 is 24.0 Å². The third-order valence-electron chi connectivity index (χ3n) is 6.17. The summed E-state index contributed by atoms with van der Waals surface area (Å²) < 4.78 is 7.54. The molecule has 0 saturated carbocycles. The molecule has 1 saturated heterocycles. The molecule has 0 bridgehead atoms. The highest BCUT2D eigenvalue weighted by Crippen LogP contribution is 2.30. The summed E-state index contributed by atoms with van der Waals surface area (Å²) >= 11 is 0. The van der Waals surface area contributed by atoms with E-state index >= 15 is 0 Å². The molecule has 3 aromatic rings. The Hall–Kier alpha value is -2.82. The first-order chi connectivity index (χ1) is 16.0. The van der Waals surface area contributed by atoms with Crippen molar-refractivity contribution in [3.05, 3.63) is 71.8 Å². The Labute approximate surface area is 218 Å². The maximum Gasteiger partial charge on any atom is 0.192 e. The van der Waals surface area contributed by atoms with E-state index in [2.05, 4.69) is 69.1 Å². The van der Waals surface area contributed by atoms with E-state index in [1.807, 2.05) is 36.7 Å². The zero-order chi connectivity index (χ0) is 23.2. The summed E-state index contributed by atoms with van der Waals surface area (Å²) in [7, 11) is 3.69. The van der Waals surface area contributed by atoms with Crippen molar-refractivity contribution in [3.8, 4) is 5.75 Å². The molecule has 0 aliphatic carbocycles. The minimum atomic E-state index is 0. The van der Waals surface area contributed by atoms with Crippen molar-refractivity contribution in [1.29, 1.82) is 0 Å². The van der Waals surface area contributed by atoms with Crippen molar-refractivity contribution in [2.75, 3.05) is 25.1 Å². The molecule has 1 aromatic heterocycles. The van der Waals surface area contributed by atoms with E-state index in [1.165, 1.54) is 5.56 Å². The standard InChI is InChI=1S/C25H33N7O.HI/c1-18(20-10-6-5-7-11-20)27-25(26-16-24-30-29-19(2)31(24)3)28-21-14-15-32(17-21)22-12-8-9-13-23(22)33-4;/h5-13,18,21H,14-17H2,1-4H3,(H2,26,27,28);1H. The maximum absolute atomic E-state index is 5.56. The molecule has 2 unspecified atom stereocenters. The monoisotopic (exact) mass is 575 g/mol. The minimum Gasteiger partial charge on any atom is -0.495 e. The van der Waals surface area contributed by atoms with E-state index in [0.29, 0.717) is 6.54 Å². The maximum atomic E-state index is 5.56. The highest BCUT2D eigenvalue weighted by molar-refractivity contribution is 14.0. The minimum absolute atomic E-state index is 0. The van der Waals surface area contributed by atoms with Crippen molar-refractivity contribution in [2.45, 2.75) is 38.9 Å². The van der Waals surface area contributed by atoms with Gasteiger partial charge >= 0.3 is 0 Å². The molecule has 1 fully saturated rings. The van der Waals surface area contributed by atoms with E-state index in [1.54, 1.807) is 7.11 Å². The highest BCUT2D eigenvalue weighted by Gasteiger charge is 2.25. The predicted octanol–water partition coefficient (Wildman–Crippen LogP) is 3.83. The number of benzene rings is 2. The van der Waals surface area contributed by atoms with Crippen LogP contribution in [0.3, 0.4) is 0 Å². The summed E-state index contributed by atoms with van der Waals surface area (Å²) in [6, 6.07) is 19.0. The van der Waals surface area contributed by atoms with Crippen LogP contribution < -0.4 is 20.3 Å². The third kappa shape index (κ3) is 6.19. The summed E-state index contributed by atoms with van der Waals surface area (Å²) in [5, 5.41) is 15.6. The van der Waals surface area contributed by atoms with Crippen molar-refractivity contribution in [3.63, 3.8) is 0 Å². The molecular formula is C25H34IN7O. The summed E-state index contributed by atoms with van der Waals surface area (Å²) in [5.74, 6) is 3.39. The van der Waals surface area contributed by atoms with Gasteiger partial charge in [-0.05, 0) is 38.0 Å². The molecule has 4 rings (SSSR count). The first kappa shape index (κ1) is 25.8. The average Bonchev–Trinajstić information content (AvgIpc) is 3.44. The molecule has 8 nitrogen and oxygen atoms in total. The lowest BCUT2D eigenvalue weighted by atomic mass is 10.1. The van der Waals surface area contributed by atoms with Gasteiger partial charge in [-0.2, -0.15) is 0 Å². The highest BCUT2D eigenvalue weighted by atomic mass is 127. The molecule has 0 amide bonds. The number of guanidine groups is 1. The lowest BCUT2D eigenvalue weighted by molar-refractivity contribution is 0.415. The fraction of sp³-hybridized carbons (Fsp3) is 0.400. The SMILES string of the molecule is COc1ccccc1N1CCC(NC(=NCc2nnc(C)n2C)NC(C)c2ccccc2)C1.I. The Morgan fingerprint density at radius 2 is 1.88 bits per heavy atom. The van der Waals surface area contributed by atoms with Gasteiger partial charge in [-0.3, -0.25) is 0 Å². The lowest BCUT2D eigenvalue weighted by Crippen LogP contribution is -2.45. The zero-order valence-electron chi connectivity index (χ0n) is 20.2. The number of para-hydroxylation sites is 2. The van der Waals surface area contributed by atoms with Crippen LogP contribution in [0.5, 0.6) is 5.75 Å². The number of nitrogens with zero attached hydrogens (tertiary/aromatic N) is 5. The first-order valence-corrected chi connectivity index (χ1v) is 11.4. The number of aliphatic imine (C=N–C) groups is 1. The van der Waals surface area contributed by atoms with Gasteiger partial charge in [-0.15, -0.1) is 34.2 Å². The van der Waals surface area contributed by atoms with Crippen LogP contribution in [0.25, 0.3) is 0 Å². The van der Waals surface area contributed by atoms with Crippen molar-refractivity contribution < 1.29 is 4.74 Å². The Balaban J connectivity index is 0.00000324. The van der Waals surface area contributed by atoms with Crippen LogP contribution in [-0.2, 0) is 13.6 Å². The number of aryl methyl sites for hydroxylation is 1. The summed E-state index contributed by atoms with van der Waals surface area (Å²) in [6.45, 7) is 6.39. The van der Waals surface area contributed by atoms with E-state index in [0.717, 1.165) is 48.6 Å². The van der Waals surface area contributed by atoms with Gasteiger partial charge in [-0.1, -0.05) is 42.5 Å². The molecule has 34 heavy (non-hydrogen) atoms. The van der Waals surface area contributed by atoms with Crippen LogP contribution in [0, 0.1) is 6.92 Å². The number of hydrogen-bond acceptors (Lipinski definition) is 5. The zero-order valence-corrected chi connectivity index (χ0v) is 22.6. The number of ether oxygens (including phenoxy) is 1. The van der Waals surface area contributed by atoms with Gasteiger partial charge in [0.2, 0.25) is 0 Å². The largest absolute Gasteiger partial charge is 0.495 e. The van der Waals surface area contributed by atoms with Crippen LogP contribution in [-0.4, -0.2) is 47.0 Å². The van der Waals surface area contributed by atoms with Gasteiger partial charge in [0.25, 0.3) is 0 Å². The number of halogens is 1. The predicted molar refractivity (Wildman–Crippen MR) is 147 cm³/mol. The second kappa shape index (κ2) is 12.0. The number of aromatic nitrogens is 3. The van der Waals surface area contributed by atoms with Gasteiger partial charge in [0, 0.05) is 26.2 Å². The number of nitrogens with one attached hydrogen (secondary N) is 2. The van der Waals surface area contributed by atoms with Crippen molar-refractivity contribution in [1.82, 2.24) is 25.4 Å². The molecule has 0 radical (unpaired) electrons.